The molecule has 0 aromatic rings. The number of aliphatic carboxylic acids is 1. The average molecular weight is 191 g/mol. The van der Waals surface area contributed by atoms with E-state index >= 15 is 0 Å². The predicted molar refractivity (Wildman–Crippen MR) is 48.2 cm³/mol. The summed E-state index contributed by atoms with van der Waals surface area (Å²) in [5.41, 5.74) is 0. The Hall–Kier alpha value is -0.710. The molecule has 4 nitrogen and oxygen atoms in total. The van der Waals surface area contributed by atoms with Crippen LogP contribution in [0.4, 0.5) is 0 Å². The fourth-order valence-electron chi connectivity index (χ4n) is 0.570. The first-order valence-corrected chi connectivity index (χ1v) is 4.98. The normalized spacial score (nSPS) is 12.2. The number of hydrogen-bond donors (Lipinski definition) is 2. The molecular formula is C7H13NO3S. The Morgan fingerprint density at radius 3 is 2.58 bits per heavy atom. The maximum Gasteiger partial charge on any atom is 0.325 e. The van der Waals surface area contributed by atoms with Crippen molar-refractivity contribution >= 4 is 23.6 Å². The highest BCUT2D eigenvalue weighted by molar-refractivity contribution is 7.98. The third-order valence-corrected chi connectivity index (χ3v) is 1.89. The lowest BCUT2D eigenvalue weighted by atomic mass is 10.3. The second-order valence-corrected chi connectivity index (χ2v) is 3.36. The van der Waals surface area contributed by atoms with Crippen molar-refractivity contribution in [2.24, 2.45) is 0 Å². The van der Waals surface area contributed by atoms with Gasteiger partial charge < -0.3 is 10.4 Å². The molecule has 0 fully saturated rings. The van der Waals surface area contributed by atoms with Gasteiger partial charge in [-0.3, -0.25) is 9.59 Å². The van der Waals surface area contributed by atoms with Gasteiger partial charge in [0.1, 0.15) is 6.04 Å². The third-order valence-electron chi connectivity index (χ3n) is 1.28. The molecule has 0 saturated heterocycles. The summed E-state index contributed by atoms with van der Waals surface area (Å²) >= 11 is 1.56. The molecule has 0 aromatic carbocycles. The van der Waals surface area contributed by atoms with E-state index in [4.69, 9.17) is 5.11 Å². The average Bonchev–Trinajstić information content (AvgIpc) is 2.00. The van der Waals surface area contributed by atoms with E-state index in [-0.39, 0.29) is 5.91 Å². The molecule has 0 radical (unpaired) electrons. The molecule has 1 amide bonds. The second kappa shape index (κ2) is 5.88. The van der Waals surface area contributed by atoms with E-state index in [0.717, 1.165) is 5.75 Å². The van der Waals surface area contributed by atoms with Crippen LogP contribution < -0.4 is 5.32 Å². The van der Waals surface area contributed by atoms with Gasteiger partial charge in [-0.05, 0) is 13.2 Å². The van der Waals surface area contributed by atoms with E-state index in [0.29, 0.717) is 6.42 Å². The first kappa shape index (κ1) is 11.3. The summed E-state index contributed by atoms with van der Waals surface area (Å²) in [6, 6.07) is -0.792. The van der Waals surface area contributed by atoms with Crippen LogP contribution in [0.1, 0.15) is 13.3 Å². The lowest BCUT2D eigenvalue weighted by molar-refractivity contribution is -0.141. The van der Waals surface area contributed by atoms with Crippen molar-refractivity contribution in [3.63, 3.8) is 0 Å². The molecular weight excluding hydrogens is 178 g/mol. The SMILES string of the molecule is CSCCC(=O)N[C@@H](C)C(=O)O. The Morgan fingerprint density at radius 2 is 2.17 bits per heavy atom. The number of carbonyl (C=O) groups is 2. The summed E-state index contributed by atoms with van der Waals surface area (Å²) in [5, 5.41) is 10.8. The lowest BCUT2D eigenvalue weighted by Crippen LogP contribution is -2.38. The van der Waals surface area contributed by atoms with Crippen LogP contribution in [0.15, 0.2) is 0 Å². The van der Waals surface area contributed by atoms with Gasteiger partial charge in [0.2, 0.25) is 5.91 Å². The monoisotopic (exact) mass is 191 g/mol. The number of carbonyl (C=O) groups excluding carboxylic acids is 1. The molecule has 0 aliphatic carbocycles. The summed E-state index contributed by atoms with van der Waals surface area (Å²) in [5.74, 6) is -0.496. The van der Waals surface area contributed by atoms with E-state index < -0.39 is 12.0 Å². The van der Waals surface area contributed by atoms with Gasteiger partial charge in [-0.1, -0.05) is 0 Å². The molecule has 1 atom stereocenters. The Bertz CT molecular complexity index is 172. The molecule has 0 saturated carbocycles. The summed E-state index contributed by atoms with van der Waals surface area (Å²) < 4.78 is 0. The summed E-state index contributed by atoms with van der Waals surface area (Å²) in [6.07, 6.45) is 2.27. The third kappa shape index (κ3) is 5.01. The topological polar surface area (TPSA) is 66.4 Å². The fraction of sp³-hybridized carbons (Fsp3) is 0.714. The van der Waals surface area contributed by atoms with Crippen LogP contribution in [0.5, 0.6) is 0 Å². The molecule has 0 aromatic heterocycles. The Morgan fingerprint density at radius 1 is 1.58 bits per heavy atom. The largest absolute Gasteiger partial charge is 0.480 e. The smallest absolute Gasteiger partial charge is 0.325 e. The number of nitrogens with one attached hydrogen (secondary N) is 1. The first-order chi connectivity index (χ1) is 5.57. The number of carboxylic acid groups (broad SMARTS) is 1. The number of carboxylic acids is 1. The quantitative estimate of drug-likeness (QED) is 0.657. The van der Waals surface area contributed by atoms with Crippen LogP contribution in [0.3, 0.4) is 0 Å². The van der Waals surface area contributed by atoms with Gasteiger partial charge in [-0.2, -0.15) is 11.8 Å². The Kier molecular flexibility index (Phi) is 5.53. The highest BCUT2D eigenvalue weighted by atomic mass is 32.2. The lowest BCUT2D eigenvalue weighted by Gasteiger charge is -2.07. The second-order valence-electron chi connectivity index (χ2n) is 2.37. The summed E-state index contributed by atoms with van der Waals surface area (Å²) in [4.78, 5) is 21.2. The maximum absolute atomic E-state index is 10.9. The molecule has 5 heteroatoms. The van der Waals surface area contributed by atoms with Gasteiger partial charge >= 0.3 is 5.97 Å². The molecule has 2 N–H and O–H groups in total. The van der Waals surface area contributed by atoms with Crippen molar-refractivity contribution in [1.82, 2.24) is 5.32 Å². The van der Waals surface area contributed by atoms with Gasteiger partial charge in [0.25, 0.3) is 0 Å². The van der Waals surface area contributed by atoms with Crippen molar-refractivity contribution in [1.29, 1.82) is 0 Å². The van der Waals surface area contributed by atoms with Crippen molar-refractivity contribution in [2.45, 2.75) is 19.4 Å². The van der Waals surface area contributed by atoms with E-state index in [9.17, 15) is 9.59 Å². The van der Waals surface area contributed by atoms with Gasteiger partial charge in [0.05, 0.1) is 0 Å². The number of thioether (sulfide) groups is 1. The van der Waals surface area contributed by atoms with Gasteiger partial charge in [0, 0.05) is 12.2 Å². The molecule has 0 spiro atoms. The standard InChI is InChI=1S/C7H13NO3S/c1-5(7(10)11)8-6(9)3-4-12-2/h5H,3-4H2,1-2H3,(H,8,9)(H,10,11)/t5-/m0/s1. The zero-order valence-corrected chi connectivity index (χ0v) is 7.98. The minimum absolute atomic E-state index is 0.209. The maximum atomic E-state index is 10.9. The number of hydrogen-bond acceptors (Lipinski definition) is 3. The fourth-order valence-corrected chi connectivity index (χ4v) is 0.960. The molecule has 0 rings (SSSR count). The minimum Gasteiger partial charge on any atom is -0.480 e. The van der Waals surface area contributed by atoms with Crippen LogP contribution in [-0.2, 0) is 9.59 Å². The molecule has 0 bridgehead atoms. The Labute approximate surface area is 75.7 Å². The Balaban J connectivity index is 3.61. The molecule has 0 aliphatic heterocycles. The van der Waals surface area contributed by atoms with Gasteiger partial charge in [0.15, 0.2) is 0 Å². The van der Waals surface area contributed by atoms with Gasteiger partial charge in [-0.25, -0.2) is 0 Å². The molecule has 0 aliphatic rings. The van der Waals surface area contributed by atoms with Crippen LogP contribution in [0, 0.1) is 0 Å². The zero-order chi connectivity index (χ0) is 9.56. The van der Waals surface area contributed by atoms with Gasteiger partial charge in [-0.15, -0.1) is 0 Å². The minimum atomic E-state index is -1.01. The van der Waals surface area contributed by atoms with E-state index in [1.807, 2.05) is 6.26 Å². The van der Waals surface area contributed by atoms with Crippen LogP contribution >= 0.6 is 11.8 Å². The van der Waals surface area contributed by atoms with E-state index in [2.05, 4.69) is 5.32 Å². The van der Waals surface area contributed by atoms with Crippen molar-refractivity contribution < 1.29 is 14.7 Å². The highest BCUT2D eigenvalue weighted by Gasteiger charge is 2.12. The van der Waals surface area contributed by atoms with E-state index in [1.165, 1.54) is 6.92 Å². The summed E-state index contributed by atoms with van der Waals surface area (Å²) in [6.45, 7) is 1.44. The number of amides is 1. The van der Waals surface area contributed by atoms with E-state index in [1.54, 1.807) is 11.8 Å². The molecule has 12 heavy (non-hydrogen) atoms. The first-order valence-electron chi connectivity index (χ1n) is 3.59. The van der Waals surface area contributed by atoms with Crippen LogP contribution in [0.25, 0.3) is 0 Å². The van der Waals surface area contributed by atoms with Crippen molar-refractivity contribution in [3.8, 4) is 0 Å². The number of rotatable bonds is 5. The van der Waals surface area contributed by atoms with Crippen molar-refractivity contribution in [3.05, 3.63) is 0 Å². The molecule has 0 unspecified atom stereocenters. The molecule has 70 valence electrons. The predicted octanol–water partition coefficient (Wildman–Crippen LogP) is 0.329. The highest BCUT2D eigenvalue weighted by Crippen LogP contribution is 1.95. The molecule has 0 heterocycles. The summed E-state index contributed by atoms with van der Waals surface area (Å²) in [7, 11) is 0. The van der Waals surface area contributed by atoms with Crippen LogP contribution in [0.2, 0.25) is 0 Å². The van der Waals surface area contributed by atoms with Crippen LogP contribution in [-0.4, -0.2) is 35.0 Å². The van der Waals surface area contributed by atoms with Crippen molar-refractivity contribution in [2.75, 3.05) is 12.0 Å². The zero-order valence-electron chi connectivity index (χ0n) is 7.16.